The third-order valence-electron chi connectivity index (χ3n) is 1.81. The van der Waals surface area contributed by atoms with Crippen LogP contribution in [0.4, 0.5) is 0 Å². The van der Waals surface area contributed by atoms with Gasteiger partial charge in [-0.15, -0.1) is 0 Å². The van der Waals surface area contributed by atoms with Crippen molar-refractivity contribution < 1.29 is 4.74 Å². The van der Waals surface area contributed by atoms with Crippen LogP contribution in [0.3, 0.4) is 0 Å². The fourth-order valence-corrected chi connectivity index (χ4v) is 1.39. The van der Waals surface area contributed by atoms with E-state index in [2.05, 4.69) is 25.8 Å². The number of likely N-dealkylation sites (N-methyl/N-ethyl adjacent to an activating group) is 1. The Labute approximate surface area is 63.2 Å². The molecular weight excluding hydrogens is 126 g/mol. The van der Waals surface area contributed by atoms with Crippen LogP contribution in [0.25, 0.3) is 0 Å². The number of ether oxygens (including phenoxy) is 1. The van der Waals surface area contributed by atoms with E-state index in [0.717, 1.165) is 6.54 Å². The second-order valence-electron chi connectivity index (χ2n) is 3.36. The van der Waals surface area contributed by atoms with Crippen molar-refractivity contribution in [2.45, 2.75) is 32.5 Å². The first kappa shape index (κ1) is 8.02. The quantitative estimate of drug-likeness (QED) is 0.574. The van der Waals surface area contributed by atoms with Crippen molar-refractivity contribution >= 4 is 0 Å². The van der Waals surface area contributed by atoms with Gasteiger partial charge in [0.25, 0.3) is 0 Å². The smallest absolute Gasteiger partial charge is 0.0717 e. The molecule has 1 aliphatic heterocycles. The zero-order valence-corrected chi connectivity index (χ0v) is 7.13. The van der Waals surface area contributed by atoms with E-state index in [-0.39, 0.29) is 0 Å². The highest BCUT2D eigenvalue weighted by atomic mass is 16.5. The molecule has 0 saturated carbocycles. The summed E-state index contributed by atoms with van der Waals surface area (Å²) >= 11 is 0. The molecule has 1 fully saturated rings. The van der Waals surface area contributed by atoms with Gasteiger partial charge in [-0.2, -0.15) is 0 Å². The molecule has 0 spiro atoms. The number of hydrogen-bond acceptors (Lipinski definition) is 2. The van der Waals surface area contributed by atoms with Crippen LogP contribution in [0.15, 0.2) is 0 Å². The minimum absolute atomic E-state index is 0.386. The fraction of sp³-hybridized carbons (Fsp3) is 1.00. The molecule has 2 heteroatoms. The van der Waals surface area contributed by atoms with Gasteiger partial charge in [0.05, 0.1) is 12.2 Å². The Morgan fingerprint density at radius 2 is 2.20 bits per heavy atom. The molecule has 1 saturated heterocycles. The average molecular weight is 143 g/mol. The van der Waals surface area contributed by atoms with E-state index in [1.54, 1.807) is 0 Å². The molecule has 1 rings (SSSR count). The van der Waals surface area contributed by atoms with E-state index in [1.165, 1.54) is 13.0 Å². The van der Waals surface area contributed by atoms with Gasteiger partial charge in [-0.1, -0.05) is 0 Å². The Bertz CT molecular complexity index is 103. The molecule has 0 aromatic heterocycles. The van der Waals surface area contributed by atoms with Crippen molar-refractivity contribution in [3.63, 3.8) is 0 Å². The number of likely N-dealkylation sites (tertiary alicyclic amines) is 1. The molecule has 0 radical (unpaired) electrons. The van der Waals surface area contributed by atoms with Crippen molar-refractivity contribution in [3.05, 3.63) is 0 Å². The lowest BCUT2D eigenvalue weighted by Crippen LogP contribution is -2.21. The topological polar surface area (TPSA) is 12.5 Å². The van der Waals surface area contributed by atoms with Gasteiger partial charge in [-0.05, 0) is 27.3 Å². The number of nitrogens with zero attached hydrogens (tertiary/aromatic N) is 1. The molecule has 60 valence electrons. The third kappa shape index (κ3) is 2.27. The lowest BCUT2D eigenvalue weighted by atomic mass is 10.3. The van der Waals surface area contributed by atoms with E-state index in [0.29, 0.717) is 12.2 Å². The molecule has 2 nitrogen and oxygen atoms in total. The lowest BCUT2D eigenvalue weighted by Gasteiger charge is -2.14. The van der Waals surface area contributed by atoms with Gasteiger partial charge in [-0.3, -0.25) is 0 Å². The zero-order chi connectivity index (χ0) is 7.56. The van der Waals surface area contributed by atoms with Crippen LogP contribution in [0.5, 0.6) is 0 Å². The van der Waals surface area contributed by atoms with Crippen LogP contribution in [0.2, 0.25) is 0 Å². The Morgan fingerprint density at radius 1 is 1.50 bits per heavy atom. The second kappa shape index (κ2) is 3.35. The predicted molar refractivity (Wildman–Crippen MR) is 42.1 cm³/mol. The van der Waals surface area contributed by atoms with Crippen LogP contribution in [-0.4, -0.2) is 37.2 Å². The summed E-state index contributed by atoms with van der Waals surface area (Å²) in [7, 11) is 2.14. The molecular formula is C8H17NO. The molecule has 0 unspecified atom stereocenters. The molecule has 1 aliphatic rings. The van der Waals surface area contributed by atoms with Crippen LogP contribution in [0.1, 0.15) is 20.3 Å². The zero-order valence-electron chi connectivity index (χ0n) is 7.13. The largest absolute Gasteiger partial charge is 0.374 e. The van der Waals surface area contributed by atoms with Gasteiger partial charge >= 0.3 is 0 Å². The monoisotopic (exact) mass is 143 g/mol. The first-order valence-corrected chi connectivity index (χ1v) is 4.02. The SMILES string of the molecule is CC(C)O[C@H]1CCN(C)C1. The van der Waals surface area contributed by atoms with Gasteiger partial charge < -0.3 is 9.64 Å². The standard InChI is InChI=1S/C8H17NO/c1-7(2)10-8-4-5-9(3)6-8/h7-8H,4-6H2,1-3H3/t8-/m0/s1. The predicted octanol–water partition coefficient (Wildman–Crippen LogP) is 1.12. The Kier molecular flexibility index (Phi) is 2.69. The van der Waals surface area contributed by atoms with Crippen molar-refractivity contribution in [1.82, 2.24) is 4.90 Å². The van der Waals surface area contributed by atoms with E-state index in [1.807, 2.05) is 0 Å². The maximum Gasteiger partial charge on any atom is 0.0717 e. The Hall–Kier alpha value is -0.0800. The molecule has 1 heterocycles. The fourth-order valence-electron chi connectivity index (χ4n) is 1.39. The highest BCUT2D eigenvalue weighted by Gasteiger charge is 2.20. The molecule has 10 heavy (non-hydrogen) atoms. The van der Waals surface area contributed by atoms with Crippen molar-refractivity contribution in [1.29, 1.82) is 0 Å². The lowest BCUT2D eigenvalue weighted by molar-refractivity contribution is 0.0153. The molecule has 0 amide bonds. The average Bonchev–Trinajstić information content (AvgIpc) is 2.13. The highest BCUT2D eigenvalue weighted by molar-refractivity contribution is 4.73. The van der Waals surface area contributed by atoms with Crippen molar-refractivity contribution in [2.75, 3.05) is 20.1 Å². The maximum absolute atomic E-state index is 5.64. The van der Waals surface area contributed by atoms with E-state index in [4.69, 9.17) is 4.74 Å². The van der Waals surface area contributed by atoms with Crippen LogP contribution in [-0.2, 0) is 4.74 Å². The molecule has 0 aromatic rings. The Balaban J connectivity index is 2.18. The normalized spacial score (nSPS) is 28.2. The van der Waals surface area contributed by atoms with Crippen LogP contribution in [0, 0.1) is 0 Å². The summed E-state index contributed by atoms with van der Waals surface area (Å²) in [5.41, 5.74) is 0. The van der Waals surface area contributed by atoms with E-state index in [9.17, 15) is 0 Å². The van der Waals surface area contributed by atoms with Crippen LogP contribution < -0.4 is 0 Å². The summed E-state index contributed by atoms with van der Waals surface area (Å²) in [5, 5.41) is 0. The Morgan fingerprint density at radius 3 is 2.60 bits per heavy atom. The summed E-state index contributed by atoms with van der Waals surface area (Å²) in [6.45, 7) is 6.49. The first-order valence-electron chi connectivity index (χ1n) is 4.02. The minimum Gasteiger partial charge on any atom is -0.374 e. The molecule has 1 atom stereocenters. The third-order valence-corrected chi connectivity index (χ3v) is 1.81. The van der Waals surface area contributed by atoms with Crippen molar-refractivity contribution in [3.8, 4) is 0 Å². The molecule has 0 bridgehead atoms. The minimum atomic E-state index is 0.386. The summed E-state index contributed by atoms with van der Waals surface area (Å²) < 4.78 is 5.64. The van der Waals surface area contributed by atoms with Gasteiger partial charge in [0.1, 0.15) is 0 Å². The van der Waals surface area contributed by atoms with Crippen LogP contribution >= 0.6 is 0 Å². The summed E-state index contributed by atoms with van der Waals surface area (Å²) in [4.78, 5) is 2.31. The highest BCUT2D eigenvalue weighted by Crippen LogP contribution is 2.11. The van der Waals surface area contributed by atoms with Gasteiger partial charge in [0, 0.05) is 13.1 Å². The summed E-state index contributed by atoms with van der Waals surface area (Å²) in [6.07, 6.45) is 2.08. The summed E-state index contributed by atoms with van der Waals surface area (Å²) in [6, 6.07) is 0. The van der Waals surface area contributed by atoms with Gasteiger partial charge in [-0.25, -0.2) is 0 Å². The molecule has 0 aromatic carbocycles. The number of rotatable bonds is 2. The van der Waals surface area contributed by atoms with Gasteiger partial charge in [0.2, 0.25) is 0 Å². The number of hydrogen-bond donors (Lipinski definition) is 0. The van der Waals surface area contributed by atoms with E-state index < -0.39 is 0 Å². The first-order chi connectivity index (χ1) is 4.68. The van der Waals surface area contributed by atoms with E-state index >= 15 is 0 Å². The maximum atomic E-state index is 5.64. The van der Waals surface area contributed by atoms with Gasteiger partial charge in [0.15, 0.2) is 0 Å². The summed E-state index contributed by atoms with van der Waals surface area (Å²) in [5.74, 6) is 0. The second-order valence-corrected chi connectivity index (χ2v) is 3.36. The molecule has 0 N–H and O–H groups in total. The molecule has 0 aliphatic carbocycles. The van der Waals surface area contributed by atoms with Crippen molar-refractivity contribution in [2.24, 2.45) is 0 Å².